The smallest absolute Gasteiger partial charge is 0.225 e. The molecule has 1 aromatic heterocycles. The van der Waals surface area contributed by atoms with Crippen LogP contribution in [0.3, 0.4) is 0 Å². The van der Waals surface area contributed by atoms with Gasteiger partial charge < -0.3 is 15.5 Å². The van der Waals surface area contributed by atoms with E-state index in [4.69, 9.17) is 10.2 Å². The number of amides is 1. The molecule has 0 saturated heterocycles. The van der Waals surface area contributed by atoms with Crippen molar-refractivity contribution >= 4 is 11.6 Å². The average Bonchev–Trinajstić information content (AvgIpc) is 2.92. The zero-order valence-corrected chi connectivity index (χ0v) is 11.7. The molecule has 0 aliphatic rings. The molecule has 0 saturated carbocycles. The second kappa shape index (κ2) is 6.34. The average molecular weight is 273 g/mol. The van der Waals surface area contributed by atoms with Gasteiger partial charge in [0, 0.05) is 23.7 Å². The minimum absolute atomic E-state index is 0.0825. The first-order valence-electron chi connectivity index (χ1n) is 6.60. The number of hydrogen-bond acceptors (Lipinski definition) is 4. The zero-order chi connectivity index (χ0) is 14.5. The van der Waals surface area contributed by atoms with Gasteiger partial charge in [-0.05, 0) is 18.1 Å². The maximum atomic E-state index is 11.9. The predicted molar refractivity (Wildman–Crippen MR) is 78.0 cm³/mol. The van der Waals surface area contributed by atoms with E-state index in [1.807, 2.05) is 38.1 Å². The molecular weight excluding hydrogens is 254 g/mol. The Labute approximate surface area is 118 Å². The molecule has 1 aromatic carbocycles. The van der Waals surface area contributed by atoms with E-state index in [0.29, 0.717) is 12.2 Å². The lowest BCUT2D eigenvalue weighted by Crippen LogP contribution is -2.31. The van der Waals surface area contributed by atoms with Crippen molar-refractivity contribution in [2.24, 2.45) is 11.7 Å². The largest absolute Gasteiger partial charge is 0.444 e. The van der Waals surface area contributed by atoms with Crippen molar-refractivity contribution < 1.29 is 9.21 Å². The lowest BCUT2D eigenvalue weighted by molar-refractivity contribution is -0.116. The van der Waals surface area contributed by atoms with Crippen molar-refractivity contribution in [2.45, 2.75) is 26.3 Å². The number of hydrogen-bond donors (Lipinski definition) is 2. The Hall–Kier alpha value is -2.14. The van der Waals surface area contributed by atoms with Crippen LogP contribution in [0, 0.1) is 5.92 Å². The van der Waals surface area contributed by atoms with E-state index in [1.165, 1.54) is 6.39 Å². The molecule has 0 fully saturated rings. The van der Waals surface area contributed by atoms with Gasteiger partial charge in [-0.1, -0.05) is 26.0 Å². The Morgan fingerprint density at radius 1 is 1.45 bits per heavy atom. The van der Waals surface area contributed by atoms with Gasteiger partial charge in [0.15, 0.2) is 12.2 Å². The highest BCUT2D eigenvalue weighted by molar-refractivity contribution is 5.91. The van der Waals surface area contributed by atoms with Gasteiger partial charge in [-0.25, -0.2) is 4.98 Å². The molecule has 1 atom stereocenters. The van der Waals surface area contributed by atoms with Crippen LogP contribution in [0.2, 0.25) is 0 Å². The Balaban J connectivity index is 2.03. The first-order chi connectivity index (χ1) is 9.56. The highest BCUT2D eigenvalue weighted by Gasteiger charge is 2.13. The third-order valence-electron chi connectivity index (χ3n) is 3.14. The van der Waals surface area contributed by atoms with Gasteiger partial charge >= 0.3 is 0 Å². The number of carbonyl (C=O) groups excluding carboxylic acids is 1. The highest BCUT2D eigenvalue weighted by atomic mass is 16.3. The number of oxazole rings is 1. The summed E-state index contributed by atoms with van der Waals surface area (Å²) in [5.41, 5.74) is 7.49. The second-order valence-electron chi connectivity index (χ2n) is 5.11. The molecule has 0 bridgehead atoms. The van der Waals surface area contributed by atoms with Crippen molar-refractivity contribution in [1.29, 1.82) is 0 Å². The van der Waals surface area contributed by atoms with Crippen LogP contribution >= 0.6 is 0 Å². The molecule has 0 spiro atoms. The van der Waals surface area contributed by atoms with E-state index >= 15 is 0 Å². The summed E-state index contributed by atoms with van der Waals surface area (Å²) >= 11 is 0. The van der Waals surface area contributed by atoms with Crippen LogP contribution in [0.15, 0.2) is 41.3 Å². The fourth-order valence-electron chi connectivity index (χ4n) is 1.77. The number of carbonyl (C=O) groups is 1. The standard InChI is InChI=1S/C15H19N3O2/c1-10(2)13(16)7-15(19)18-12-5-3-4-11(6-12)14-8-17-9-20-14/h3-6,8-10,13H,7,16H2,1-2H3,(H,18,19). The van der Waals surface area contributed by atoms with Crippen molar-refractivity contribution in [3.05, 3.63) is 36.9 Å². The third kappa shape index (κ3) is 3.68. The van der Waals surface area contributed by atoms with Gasteiger partial charge in [0.05, 0.1) is 6.20 Å². The van der Waals surface area contributed by atoms with Crippen LogP contribution in [0.25, 0.3) is 11.3 Å². The summed E-state index contributed by atoms with van der Waals surface area (Å²) in [4.78, 5) is 15.8. The number of nitrogens with two attached hydrogens (primary N) is 1. The number of rotatable bonds is 5. The van der Waals surface area contributed by atoms with Gasteiger partial charge in [-0.15, -0.1) is 0 Å². The Bertz CT molecular complexity index is 564. The van der Waals surface area contributed by atoms with Crippen LogP contribution < -0.4 is 11.1 Å². The lowest BCUT2D eigenvalue weighted by Gasteiger charge is -2.15. The molecule has 3 N–H and O–H groups in total. The summed E-state index contributed by atoms with van der Waals surface area (Å²) < 4.78 is 5.23. The summed E-state index contributed by atoms with van der Waals surface area (Å²) in [5.74, 6) is 0.863. The molecule has 5 nitrogen and oxygen atoms in total. The van der Waals surface area contributed by atoms with Crippen LogP contribution in [0.1, 0.15) is 20.3 Å². The first kappa shape index (κ1) is 14.3. The molecule has 1 amide bonds. The van der Waals surface area contributed by atoms with Gasteiger partial charge in [-0.3, -0.25) is 4.79 Å². The van der Waals surface area contributed by atoms with Gasteiger partial charge in [0.25, 0.3) is 0 Å². The quantitative estimate of drug-likeness (QED) is 0.877. The predicted octanol–water partition coefficient (Wildman–Crippen LogP) is 2.65. The maximum Gasteiger partial charge on any atom is 0.225 e. The van der Waals surface area contributed by atoms with E-state index in [9.17, 15) is 4.79 Å². The third-order valence-corrected chi connectivity index (χ3v) is 3.14. The molecule has 0 radical (unpaired) electrons. The number of aromatic nitrogens is 1. The molecule has 20 heavy (non-hydrogen) atoms. The fraction of sp³-hybridized carbons (Fsp3) is 0.333. The van der Waals surface area contributed by atoms with Crippen LogP contribution in [0.5, 0.6) is 0 Å². The summed E-state index contributed by atoms with van der Waals surface area (Å²) in [6.45, 7) is 4.00. The van der Waals surface area contributed by atoms with Crippen molar-refractivity contribution in [1.82, 2.24) is 4.98 Å². The monoisotopic (exact) mass is 273 g/mol. The summed E-state index contributed by atoms with van der Waals surface area (Å²) in [6, 6.07) is 7.30. The van der Waals surface area contributed by atoms with Crippen LogP contribution in [0.4, 0.5) is 5.69 Å². The van der Waals surface area contributed by atoms with E-state index in [1.54, 1.807) is 6.20 Å². The maximum absolute atomic E-state index is 11.9. The van der Waals surface area contributed by atoms with Gasteiger partial charge in [0.2, 0.25) is 5.91 Å². The SMILES string of the molecule is CC(C)C(N)CC(=O)Nc1cccc(-c2cnco2)c1. The molecule has 1 unspecified atom stereocenters. The van der Waals surface area contributed by atoms with Crippen molar-refractivity contribution in [3.63, 3.8) is 0 Å². The lowest BCUT2D eigenvalue weighted by atomic mass is 10.0. The highest BCUT2D eigenvalue weighted by Crippen LogP contribution is 2.22. The summed E-state index contributed by atoms with van der Waals surface area (Å²) in [6.07, 6.45) is 3.32. The van der Waals surface area contributed by atoms with Gasteiger partial charge in [-0.2, -0.15) is 0 Å². The second-order valence-corrected chi connectivity index (χ2v) is 5.11. The van der Waals surface area contributed by atoms with Crippen molar-refractivity contribution in [2.75, 3.05) is 5.32 Å². The molecule has 0 aliphatic heterocycles. The van der Waals surface area contributed by atoms with Crippen molar-refractivity contribution in [3.8, 4) is 11.3 Å². The Morgan fingerprint density at radius 3 is 2.90 bits per heavy atom. The number of anilines is 1. The molecule has 2 aromatic rings. The van der Waals surface area contributed by atoms with E-state index in [0.717, 1.165) is 11.3 Å². The van der Waals surface area contributed by atoms with E-state index in [2.05, 4.69) is 10.3 Å². The number of benzene rings is 1. The van der Waals surface area contributed by atoms with E-state index in [-0.39, 0.29) is 17.9 Å². The molecule has 0 aliphatic carbocycles. The van der Waals surface area contributed by atoms with Crippen LogP contribution in [-0.2, 0) is 4.79 Å². The molecule has 106 valence electrons. The molecule has 2 rings (SSSR count). The normalized spacial score (nSPS) is 12.4. The Kier molecular flexibility index (Phi) is 4.53. The zero-order valence-electron chi connectivity index (χ0n) is 11.7. The molecule has 5 heteroatoms. The number of nitrogens with zero attached hydrogens (tertiary/aromatic N) is 1. The van der Waals surface area contributed by atoms with Gasteiger partial charge in [0.1, 0.15) is 0 Å². The minimum atomic E-state index is -0.132. The minimum Gasteiger partial charge on any atom is -0.444 e. The van der Waals surface area contributed by atoms with Crippen LogP contribution in [-0.4, -0.2) is 16.9 Å². The van der Waals surface area contributed by atoms with E-state index < -0.39 is 0 Å². The fourth-order valence-corrected chi connectivity index (χ4v) is 1.77. The molecular formula is C15H19N3O2. The topological polar surface area (TPSA) is 81.2 Å². The summed E-state index contributed by atoms with van der Waals surface area (Å²) in [5, 5.41) is 2.85. The number of nitrogens with one attached hydrogen (secondary N) is 1. The first-order valence-corrected chi connectivity index (χ1v) is 6.60. The Morgan fingerprint density at radius 2 is 2.25 bits per heavy atom. The molecule has 1 heterocycles. The summed E-state index contributed by atoms with van der Waals surface area (Å²) in [7, 11) is 0.